The second kappa shape index (κ2) is 5.09. The molecular weight excluding hydrogens is 204 g/mol. The predicted molar refractivity (Wildman–Crippen MR) is 60.6 cm³/mol. The number of benzene rings is 1. The zero-order valence-corrected chi connectivity index (χ0v) is 9.07. The molecule has 0 atom stereocenters. The quantitative estimate of drug-likeness (QED) is 0.670. The smallest absolute Gasteiger partial charge is 0.225 e. The largest absolute Gasteiger partial charge is 0.392 e. The predicted octanol–water partition coefficient (Wildman–Crippen LogP) is 0.0145. The Bertz CT molecular complexity index is 358. The van der Waals surface area contributed by atoms with Crippen LogP contribution in [-0.4, -0.2) is 24.1 Å². The maximum absolute atomic E-state index is 11.5. The number of aliphatic hydroxyl groups is 1. The summed E-state index contributed by atoms with van der Waals surface area (Å²) in [6.45, 7) is 2.19. The molecule has 0 bridgehead atoms. The highest BCUT2D eigenvalue weighted by molar-refractivity contribution is 5.79. The van der Waals surface area contributed by atoms with Crippen LogP contribution in [0.4, 0.5) is 0 Å². The number of rotatable bonds is 4. The van der Waals surface area contributed by atoms with Crippen LogP contribution >= 0.6 is 0 Å². The highest BCUT2D eigenvalue weighted by atomic mass is 16.3. The first-order valence-electron chi connectivity index (χ1n) is 5.46. The van der Waals surface area contributed by atoms with E-state index in [0.29, 0.717) is 6.54 Å². The van der Waals surface area contributed by atoms with Gasteiger partial charge in [-0.1, -0.05) is 24.3 Å². The Labute approximate surface area is 94.7 Å². The molecule has 1 aromatic carbocycles. The highest BCUT2D eigenvalue weighted by Gasteiger charge is 2.24. The Morgan fingerprint density at radius 2 is 1.94 bits per heavy atom. The van der Waals surface area contributed by atoms with Crippen molar-refractivity contribution in [1.29, 1.82) is 0 Å². The molecule has 1 saturated heterocycles. The number of hydrogen-bond acceptors (Lipinski definition) is 3. The van der Waals surface area contributed by atoms with Crippen LogP contribution in [0.3, 0.4) is 0 Å². The van der Waals surface area contributed by atoms with Gasteiger partial charge in [0.05, 0.1) is 12.5 Å². The van der Waals surface area contributed by atoms with Crippen LogP contribution in [0.1, 0.15) is 11.1 Å². The lowest BCUT2D eigenvalue weighted by molar-refractivity contribution is -0.126. The lowest BCUT2D eigenvalue weighted by Gasteiger charge is -2.25. The van der Waals surface area contributed by atoms with Crippen molar-refractivity contribution in [3.8, 4) is 0 Å². The molecule has 16 heavy (non-hydrogen) atoms. The summed E-state index contributed by atoms with van der Waals surface area (Å²) >= 11 is 0. The van der Waals surface area contributed by atoms with Crippen molar-refractivity contribution in [2.45, 2.75) is 13.2 Å². The third-order valence-electron chi connectivity index (χ3n) is 2.82. The Morgan fingerprint density at radius 3 is 2.44 bits per heavy atom. The summed E-state index contributed by atoms with van der Waals surface area (Å²) in [5.41, 5.74) is 1.94. The standard InChI is InChI=1S/C12H16N2O2/c15-8-10-3-1-9(2-4-10)5-14-12(16)11-6-13-7-11/h1-4,11,13,15H,5-8H2,(H,14,16). The topological polar surface area (TPSA) is 61.4 Å². The number of nitrogens with one attached hydrogen (secondary N) is 2. The molecule has 0 radical (unpaired) electrons. The van der Waals surface area contributed by atoms with Gasteiger partial charge in [-0.3, -0.25) is 4.79 Å². The third kappa shape index (κ3) is 2.59. The van der Waals surface area contributed by atoms with Crippen molar-refractivity contribution >= 4 is 5.91 Å². The summed E-state index contributed by atoms with van der Waals surface area (Å²) < 4.78 is 0. The zero-order valence-electron chi connectivity index (χ0n) is 9.07. The SMILES string of the molecule is O=C(NCc1ccc(CO)cc1)C1CNC1. The summed E-state index contributed by atoms with van der Waals surface area (Å²) in [6.07, 6.45) is 0. The minimum absolute atomic E-state index is 0.0559. The van der Waals surface area contributed by atoms with Gasteiger partial charge >= 0.3 is 0 Å². The van der Waals surface area contributed by atoms with Crippen molar-refractivity contribution < 1.29 is 9.90 Å². The number of amides is 1. The van der Waals surface area contributed by atoms with Crippen LogP contribution in [0.15, 0.2) is 24.3 Å². The van der Waals surface area contributed by atoms with E-state index in [9.17, 15) is 4.79 Å². The Hall–Kier alpha value is -1.39. The van der Waals surface area contributed by atoms with E-state index in [4.69, 9.17) is 5.11 Å². The van der Waals surface area contributed by atoms with E-state index in [-0.39, 0.29) is 18.4 Å². The van der Waals surface area contributed by atoms with Crippen LogP contribution in [0.25, 0.3) is 0 Å². The van der Waals surface area contributed by atoms with E-state index < -0.39 is 0 Å². The summed E-state index contributed by atoms with van der Waals surface area (Å²) in [7, 11) is 0. The molecule has 0 aliphatic carbocycles. The van der Waals surface area contributed by atoms with Gasteiger partial charge in [0.2, 0.25) is 5.91 Å². The van der Waals surface area contributed by atoms with Gasteiger partial charge in [0, 0.05) is 19.6 Å². The van der Waals surface area contributed by atoms with Crippen LogP contribution < -0.4 is 10.6 Å². The molecule has 0 unspecified atom stereocenters. The van der Waals surface area contributed by atoms with Crippen molar-refractivity contribution in [2.24, 2.45) is 5.92 Å². The molecule has 1 fully saturated rings. The summed E-state index contributed by atoms with van der Waals surface area (Å²) in [6, 6.07) is 7.58. The first-order valence-corrected chi connectivity index (χ1v) is 5.46. The molecule has 1 aliphatic heterocycles. The van der Waals surface area contributed by atoms with Gasteiger partial charge in [0.25, 0.3) is 0 Å². The van der Waals surface area contributed by atoms with Gasteiger partial charge in [-0.15, -0.1) is 0 Å². The van der Waals surface area contributed by atoms with Crippen LogP contribution in [-0.2, 0) is 17.9 Å². The summed E-state index contributed by atoms with van der Waals surface area (Å²) in [5.74, 6) is 0.252. The lowest BCUT2D eigenvalue weighted by Crippen LogP contribution is -2.50. The third-order valence-corrected chi connectivity index (χ3v) is 2.82. The fourth-order valence-corrected chi connectivity index (χ4v) is 1.57. The minimum Gasteiger partial charge on any atom is -0.392 e. The van der Waals surface area contributed by atoms with E-state index in [1.54, 1.807) is 0 Å². The van der Waals surface area contributed by atoms with Crippen molar-refractivity contribution in [2.75, 3.05) is 13.1 Å². The summed E-state index contributed by atoms with van der Waals surface area (Å²) in [4.78, 5) is 11.5. The van der Waals surface area contributed by atoms with Crippen molar-refractivity contribution in [1.82, 2.24) is 10.6 Å². The maximum Gasteiger partial charge on any atom is 0.225 e. The first-order chi connectivity index (χ1) is 7.79. The normalized spacial score (nSPS) is 15.6. The fraction of sp³-hybridized carbons (Fsp3) is 0.417. The van der Waals surface area contributed by atoms with E-state index in [0.717, 1.165) is 24.2 Å². The van der Waals surface area contributed by atoms with Gasteiger partial charge in [-0.2, -0.15) is 0 Å². The molecule has 0 spiro atoms. The van der Waals surface area contributed by atoms with Crippen LogP contribution in [0.2, 0.25) is 0 Å². The van der Waals surface area contributed by atoms with Crippen molar-refractivity contribution in [3.05, 3.63) is 35.4 Å². The molecular formula is C12H16N2O2. The molecule has 1 heterocycles. The molecule has 1 aromatic rings. The molecule has 1 aliphatic rings. The van der Waals surface area contributed by atoms with Gasteiger partial charge in [0.15, 0.2) is 0 Å². The van der Waals surface area contributed by atoms with Gasteiger partial charge in [0.1, 0.15) is 0 Å². The Morgan fingerprint density at radius 1 is 1.31 bits per heavy atom. The fourth-order valence-electron chi connectivity index (χ4n) is 1.57. The Kier molecular flexibility index (Phi) is 3.54. The van der Waals surface area contributed by atoms with E-state index in [1.165, 1.54) is 0 Å². The zero-order chi connectivity index (χ0) is 11.4. The molecule has 0 saturated carbocycles. The van der Waals surface area contributed by atoms with Gasteiger partial charge in [-0.05, 0) is 11.1 Å². The van der Waals surface area contributed by atoms with Crippen molar-refractivity contribution in [3.63, 3.8) is 0 Å². The minimum atomic E-state index is 0.0559. The molecule has 86 valence electrons. The van der Waals surface area contributed by atoms with E-state index in [1.807, 2.05) is 24.3 Å². The van der Waals surface area contributed by atoms with E-state index >= 15 is 0 Å². The number of carbonyl (C=O) groups excluding carboxylic acids is 1. The molecule has 4 heteroatoms. The number of hydrogen-bond donors (Lipinski definition) is 3. The lowest BCUT2D eigenvalue weighted by atomic mass is 10.0. The van der Waals surface area contributed by atoms with Gasteiger partial charge in [-0.25, -0.2) is 0 Å². The van der Waals surface area contributed by atoms with Gasteiger partial charge < -0.3 is 15.7 Å². The molecule has 2 rings (SSSR count). The molecule has 4 nitrogen and oxygen atoms in total. The Balaban J connectivity index is 1.81. The maximum atomic E-state index is 11.5. The average molecular weight is 220 g/mol. The molecule has 0 aromatic heterocycles. The second-order valence-corrected chi connectivity index (χ2v) is 4.05. The van der Waals surface area contributed by atoms with Crippen LogP contribution in [0.5, 0.6) is 0 Å². The highest BCUT2D eigenvalue weighted by Crippen LogP contribution is 2.06. The molecule has 1 amide bonds. The number of aliphatic hydroxyl groups excluding tert-OH is 1. The van der Waals surface area contributed by atoms with Crippen LogP contribution in [0, 0.1) is 5.92 Å². The summed E-state index contributed by atoms with van der Waals surface area (Å²) in [5, 5.41) is 14.8. The first kappa shape index (κ1) is 11.1. The number of carbonyl (C=O) groups is 1. The monoisotopic (exact) mass is 220 g/mol. The second-order valence-electron chi connectivity index (χ2n) is 4.05. The molecule has 3 N–H and O–H groups in total. The van der Waals surface area contributed by atoms with E-state index in [2.05, 4.69) is 10.6 Å². The average Bonchev–Trinajstić information content (AvgIpc) is 2.25.